The summed E-state index contributed by atoms with van der Waals surface area (Å²) in [7, 11) is 3.37. The fourth-order valence-electron chi connectivity index (χ4n) is 1.66. The second-order valence-electron chi connectivity index (χ2n) is 4.45. The van der Waals surface area contributed by atoms with Crippen LogP contribution in [0.3, 0.4) is 0 Å². The van der Waals surface area contributed by atoms with E-state index < -0.39 is 0 Å². The van der Waals surface area contributed by atoms with E-state index in [1.54, 1.807) is 55.3 Å². The van der Waals surface area contributed by atoms with E-state index in [0.29, 0.717) is 11.3 Å². The molecule has 5 nitrogen and oxygen atoms in total. The third-order valence-electron chi connectivity index (χ3n) is 2.75. The minimum Gasteiger partial charge on any atom is -0.343 e. The van der Waals surface area contributed by atoms with Gasteiger partial charge in [-0.15, -0.1) is 0 Å². The Balaban J connectivity index is 2.28. The zero-order chi connectivity index (χ0) is 14.0. The molecule has 0 spiro atoms. The smallest absolute Gasteiger partial charge is 0.273 e. The van der Waals surface area contributed by atoms with Crippen LogP contribution in [-0.4, -0.2) is 40.5 Å². The molecule has 0 bridgehead atoms. The molecule has 0 unspecified atom stereocenters. The van der Waals surface area contributed by atoms with Crippen LogP contribution < -0.4 is 0 Å². The zero-order valence-electron chi connectivity index (χ0n) is 11.1. The maximum Gasteiger partial charge on any atom is 0.273 e. The highest BCUT2D eigenvalue weighted by Crippen LogP contribution is 2.10. The van der Waals surface area contributed by atoms with E-state index in [9.17, 15) is 9.59 Å². The van der Waals surface area contributed by atoms with Gasteiger partial charge in [0.2, 0.25) is 0 Å². The molecule has 5 heteroatoms. The average Bonchev–Trinajstić information content (AvgIpc) is 2.87. The Morgan fingerprint density at radius 2 is 1.74 bits per heavy atom. The number of hydrogen-bond acceptors (Lipinski definition) is 3. The first-order chi connectivity index (χ1) is 8.99. The van der Waals surface area contributed by atoms with Gasteiger partial charge < -0.3 is 4.90 Å². The zero-order valence-corrected chi connectivity index (χ0v) is 11.1. The molecule has 0 aliphatic rings. The van der Waals surface area contributed by atoms with Crippen molar-refractivity contribution in [1.82, 2.24) is 14.7 Å². The van der Waals surface area contributed by atoms with Gasteiger partial charge in [-0.05, 0) is 37.3 Å². The number of carbonyl (C=O) groups is 2. The highest BCUT2D eigenvalue weighted by atomic mass is 16.2. The van der Waals surface area contributed by atoms with Gasteiger partial charge in [0.1, 0.15) is 0 Å². The summed E-state index contributed by atoms with van der Waals surface area (Å²) in [6.45, 7) is 1.52. The number of Topliss-reactive ketones (excluding diaryl/α,β-unsaturated/α-hetero) is 1. The van der Waals surface area contributed by atoms with Gasteiger partial charge in [0.25, 0.3) is 5.91 Å². The molecule has 2 rings (SSSR count). The Morgan fingerprint density at radius 3 is 2.26 bits per heavy atom. The molecule has 2 aromatic rings. The van der Waals surface area contributed by atoms with Crippen LogP contribution in [0.4, 0.5) is 0 Å². The topological polar surface area (TPSA) is 55.2 Å². The predicted molar refractivity (Wildman–Crippen MR) is 71.6 cm³/mol. The van der Waals surface area contributed by atoms with Crippen molar-refractivity contribution < 1.29 is 9.59 Å². The first-order valence-electron chi connectivity index (χ1n) is 5.88. The summed E-state index contributed by atoms with van der Waals surface area (Å²) in [5, 5.41) is 4.22. The Bertz CT molecular complexity index is 612. The van der Waals surface area contributed by atoms with Crippen LogP contribution >= 0.6 is 0 Å². The SMILES string of the molecule is CC(=O)c1ccc(-n2ccc(C(=O)N(C)C)n2)cc1. The normalized spacial score (nSPS) is 10.3. The monoisotopic (exact) mass is 257 g/mol. The van der Waals surface area contributed by atoms with Crippen LogP contribution in [0.2, 0.25) is 0 Å². The van der Waals surface area contributed by atoms with E-state index >= 15 is 0 Å². The lowest BCUT2D eigenvalue weighted by Gasteiger charge is -2.07. The average molecular weight is 257 g/mol. The second kappa shape index (κ2) is 5.06. The van der Waals surface area contributed by atoms with Crippen molar-refractivity contribution in [2.24, 2.45) is 0 Å². The van der Waals surface area contributed by atoms with Crippen molar-refractivity contribution in [3.05, 3.63) is 47.8 Å². The molecule has 1 aromatic carbocycles. The lowest BCUT2D eigenvalue weighted by molar-refractivity contribution is 0.0821. The fraction of sp³-hybridized carbons (Fsp3) is 0.214. The number of amides is 1. The number of hydrogen-bond donors (Lipinski definition) is 0. The van der Waals surface area contributed by atoms with Crippen molar-refractivity contribution in [1.29, 1.82) is 0 Å². The maximum absolute atomic E-state index is 11.7. The minimum atomic E-state index is -0.140. The molecular weight excluding hydrogens is 242 g/mol. The molecule has 1 aromatic heterocycles. The van der Waals surface area contributed by atoms with Crippen molar-refractivity contribution in [3.8, 4) is 5.69 Å². The van der Waals surface area contributed by atoms with Crippen molar-refractivity contribution in [3.63, 3.8) is 0 Å². The van der Waals surface area contributed by atoms with Crippen LogP contribution in [0.15, 0.2) is 36.5 Å². The van der Waals surface area contributed by atoms with E-state index in [1.165, 1.54) is 11.8 Å². The number of ketones is 1. The summed E-state index contributed by atoms with van der Waals surface area (Å²) in [6, 6.07) is 8.75. The van der Waals surface area contributed by atoms with E-state index in [0.717, 1.165) is 5.69 Å². The van der Waals surface area contributed by atoms with Gasteiger partial charge >= 0.3 is 0 Å². The van der Waals surface area contributed by atoms with Gasteiger partial charge in [-0.25, -0.2) is 4.68 Å². The third-order valence-corrected chi connectivity index (χ3v) is 2.75. The van der Waals surface area contributed by atoms with Crippen LogP contribution in [-0.2, 0) is 0 Å². The molecule has 1 heterocycles. The lowest BCUT2D eigenvalue weighted by Crippen LogP contribution is -2.22. The highest BCUT2D eigenvalue weighted by molar-refractivity contribution is 5.94. The summed E-state index contributed by atoms with van der Waals surface area (Å²) >= 11 is 0. The van der Waals surface area contributed by atoms with Crippen LogP contribution in [0.25, 0.3) is 5.69 Å². The maximum atomic E-state index is 11.7. The van der Waals surface area contributed by atoms with Crippen molar-refractivity contribution in [2.45, 2.75) is 6.92 Å². The largest absolute Gasteiger partial charge is 0.343 e. The van der Waals surface area contributed by atoms with E-state index in [1.807, 2.05) is 0 Å². The first kappa shape index (κ1) is 13.0. The molecule has 0 saturated carbocycles. The third kappa shape index (κ3) is 2.70. The summed E-state index contributed by atoms with van der Waals surface area (Å²) in [5.41, 5.74) is 1.85. The quantitative estimate of drug-likeness (QED) is 0.787. The van der Waals surface area contributed by atoms with Crippen molar-refractivity contribution in [2.75, 3.05) is 14.1 Å². The molecule has 0 N–H and O–H groups in total. The molecular formula is C14H15N3O2. The van der Waals surface area contributed by atoms with E-state index in [4.69, 9.17) is 0 Å². The summed E-state index contributed by atoms with van der Waals surface area (Å²) in [6.07, 6.45) is 1.72. The number of rotatable bonds is 3. The second-order valence-corrected chi connectivity index (χ2v) is 4.45. The highest BCUT2D eigenvalue weighted by Gasteiger charge is 2.11. The molecule has 0 saturated heterocycles. The number of benzene rings is 1. The molecule has 0 fully saturated rings. The van der Waals surface area contributed by atoms with Gasteiger partial charge in [0.15, 0.2) is 11.5 Å². The Labute approximate surface area is 111 Å². The Morgan fingerprint density at radius 1 is 1.11 bits per heavy atom. The van der Waals surface area contributed by atoms with Crippen LogP contribution in [0, 0.1) is 0 Å². The molecule has 0 aliphatic carbocycles. The van der Waals surface area contributed by atoms with Gasteiger partial charge in [-0.3, -0.25) is 9.59 Å². The minimum absolute atomic E-state index is 0.0236. The van der Waals surface area contributed by atoms with Gasteiger partial charge in [0, 0.05) is 25.9 Å². The number of aromatic nitrogens is 2. The first-order valence-corrected chi connectivity index (χ1v) is 5.88. The van der Waals surface area contributed by atoms with Crippen molar-refractivity contribution >= 4 is 11.7 Å². The summed E-state index contributed by atoms with van der Waals surface area (Å²) < 4.78 is 1.61. The van der Waals surface area contributed by atoms with E-state index in [2.05, 4.69) is 5.10 Å². The predicted octanol–water partition coefficient (Wildman–Crippen LogP) is 1.78. The molecule has 19 heavy (non-hydrogen) atoms. The van der Waals surface area contributed by atoms with Gasteiger partial charge in [-0.2, -0.15) is 5.10 Å². The Hall–Kier alpha value is -2.43. The van der Waals surface area contributed by atoms with Gasteiger partial charge in [-0.1, -0.05) is 0 Å². The summed E-state index contributed by atoms with van der Waals surface area (Å²) in [4.78, 5) is 24.4. The Kier molecular flexibility index (Phi) is 3.46. The summed E-state index contributed by atoms with van der Waals surface area (Å²) in [5.74, 6) is -0.116. The molecule has 0 aliphatic heterocycles. The molecule has 98 valence electrons. The number of carbonyl (C=O) groups excluding carboxylic acids is 2. The number of nitrogens with zero attached hydrogens (tertiary/aromatic N) is 3. The van der Waals surface area contributed by atoms with Crippen LogP contribution in [0.5, 0.6) is 0 Å². The van der Waals surface area contributed by atoms with Crippen LogP contribution in [0.1, 0.15) is 27.8 Å². The molecule has 0 atom stereocenters. The molecule has 0 radical (unpaired) electrons. The fourth-order valence-corrected chi connectivity index (χ4v) is 1.66. The lowest BCUT2D eigenvalue weighted by atomic mass is 10.1. The van der Waals surface area contributed by atoms with E-state index in [-0.39, 0.29) is 11.7 Å². The standard InChI is InChI=1S/C14H15N3O2/c1-10(18)11-4-6-12(7-5-11)17-9-8-13(15-17)14(19)16(2)3/h4-9H,1-3H3. The van der Waals surface area contributed by atoms with Gasteiger partial charge in [0.05, 0.1) is 5.69 Å². The molecule has 1 amide bonds.